The van der Waals surface area contributed by atoms with Gasteiger partial charge in [-0.2, -0.15) is 0 Å². The highest BCUT2D eigenvalue weighted by atomic mass is 32.1. The van der Waals surface area contributed by atoms with Crippen molar-refractivity contribution in [2.24, 2.45) is 0 Å². The van der Waals surface area contributed by atoms with Crippen LogP contribution >= 0.6 is 12.2 Å². The first kappa shape index (κ1) is 18.5. The van der Waals surface area contributed by atoms with Gasteiger partial charge in [0.15, 0.2) is 22.4 Å². The number of benzene rings is 2. The third-order valence-electron chi connectivity index (χ3n) is 5.04. The maximum atomic E-state index is 12.6. The van der Waals surface area contributed by atoms with E-state index >= 15 is 0 Å². The number of nitrogens with one attached hydrogen (secondary N) is 2. The summed E-state index contributed by atoms with van der Waals surface area (Å²) in [6, 6.07) is 15.5. The number of ketones is 1. The van der Waals surface area contributed by atoms with Crippen LogP contribution in [-0.2, 0) is 11.4 Å². The van der Waals surface area contributed by atoms with Gasteiger partial charge in [0.25, 0.3) is 0 Å². The average Bonchev–Trinajstić information content (AvgIpc) is 2.72. The predicted octanol–water partition coefficient (Wildman–Crippen LogP) is 3.80. The number of rotatable bonds is 5. The highest BCUT2D eigenvalue weighted by Gasteiger charge is 2.33. The Bertz CT molecular complexity index is 940. The standard InChI is InChI=1S/C22H22N2O3S/c1-26-19-12-15(10-11-18(19)27-13-14-6-3-2-4-7-14)21-20-16(23-22(28)24-21)8-5-9-17(20)25/h2-4,6-7,10-12,21H,5,8-9,13H2,1H3,(H2,23,24,28). The molecule has 0 fully saturated rings. The lowest BCUT2D eigenvalue weighted by atomic mass is 9.85. The molecule has 0 spiro atoms. The van der Waals surface area contributed by atoms with E-state index in [0.29, 0.717) is 29.6 Å². The Balaban J connectivity index is 1.61. The quantitative estimate of drug-likeness (QED) is 0.753. The lowest BCUT2D eigenvalue weighted by Gasteiger charge is -2.34. The first-order chi connectivity index (χ1) is 13.7. The number of thiocarbonyl (C=S) groups is 1. The molecule has 0 aromatic heterocycles. The van der Waals surface area contributed by atoms with E-state index in [-0.39, 0.29) is 11.8 Å². The minimum atomic E-state index is -0.270. The number of allylic oxidation sites excluding steroid dienone is 1. The Morgan fingerprint density at radius 3 is 2.71 bits per heavy atom. The van der Waals surface area contributed by atoms with Crippen LogP contribution in [0.1, 0.15) is 36.4 Å². The summed E-state index contributed by atoms with van der Waals surface area (Å²) in [5.41, 5.74) is 3.73. The molecule has 6 heteroatoms. The molecule has 0 bridgehead atoms. The van der Waals surface area contributed by atoms with Crippen LogP contribution in [0.5, 0.6) is 11.5 Å². The van der Waals surface area contributed by atoms with Crippen LogP contribution in [-0.4, -0.2) is 18.0 Å². The molecule has 0 radical (unpaired) electrons. The van der Waals surface area contributed by atoms with Gasteiger partial charge in [0.1, 0.15) is 6.61 Å². The molecule has 0 saturated heterocycles. The van der Waals surface area contributed by atoms with Crippen LogP contribution in [0.25, 0.3) is 0 Å². The third-order valence-corrected chi connectivity index (χ3v) is 5.26. The van der Waals surface area contributed by atoms with Crippen molar-refractivity contribution in [1.82, 2.24) is 10.6 Å². The monoisotopic (exact) mass is 394 g/mol. The van der Waals surface area contributed by atoms with E-state index in [2.05, 4.69) is 10.6 Å². The van der Waals surface area contributed by atoms with Gasteiger partial charge in [0.05, 0.1) is 13.2 Å². The number of carbonyl (C=O) groups excluding carboxylic acids is 1. The maximum Gasteiger partial charge on any atom is 0.171 e. The minimum absolute atomic E-state index is 0.164. The zero-order valence-corrected chi connectivity index (χ0v) is 16.5. The summed E-state index contributed by atoms with van der Waals surface area (Å²) in [4.78, 5) is 12.6. The van der Waals surface area contributed by atoms with Gasteiger partial charge in [-0.1, -0.05) is 36.4 Å². The molecule has 2 N–H and O–H groups in total. The molecule has 5 nitrogen and oxygen atoms in total. The van der Waals surface area contributed by atoms with Crippen LogP contribution in [0.3, 0.4) is 0 Å². The van der Waals surface area contributed by atoms with Crippen molar-refractivity contribution in [3.05, 3.63) is 70.9 Å². The van der Waals surface area contributed by atoms with E-state index in [0.717, 1.165) is 35.2 Å². The van der Waals surface area contributed by atoms with Crippen molar-refractivity contribution in [3.8, 4) is 11.5 Å². The van der Waals surface area contributed by atoms with E-state index in [1.807, 2.05) is 48.5 Å². The Morgan fingerprint density at radius 2 is 1.93 bits per heavy atom. The van der Waals surface area contributed by atoms with Gasteiger partial charge >= 0.3 is 0 Å². The number of hydrogen-bond donors (Lipinski definition) is 2. The number of ether oxygens (including phenoxy) is 2. The molecule has 4 rings (SSSR count). The molecular weight excluding hydrogens is 372 g/mol. The fraction of sp³-hybridized carbons (Fsp3) is 0.273. The molecule has 1 aliphatic carbocycles. The number of Topliss-reactive ketones (excluding diaryl/α,β-unsaturated/α-hetero) is 1. The van der Waals surface area contributed by atoms with Gasteiger partial charge in [0.2, 0.25) is 0 Å². The van der Waals surface area contributed by atoms with E-state index in [9.17, 15) is 4.79 Å². The normalized spacial score (nSPS) is 18.8. The summed E-state index contributed by atoms with van der Waals surface area (Å²) >= 11 is 5.35. The molecule has 2 aliphatic rings. The van der Waals surface area contributed by atoms with Crippen molar-refractivity contribution in [1.29, 1.82) is 0 Å². The van der Waals surface area contributed by atoms with E-state index in [1.165, 1.54) is 0 Å². The number of methoxy groups -OCH3 is 1. The zero-order valence-electron chi connectivity index (χ0n) is 15.7. The molecular formula is C22H22N2O3S. The predicted molar refractivity (Wildman–Crippen MR) is 111 cm³/mol. The Morgan fingerprint density at radius 1 is 1.11 bits per heavy atom. The van der Waals surface area contributed by atoms with Gasteiger partial charge in [-0.3, -0.25) is 4.79 Å². The first-order valence-corrected chi connectivity index (χ1v) is 9.75. The van der Waals surface area contributed by atoms with Crippen LogP contribution in [0.4, 0.5) is 0 Å². The van der Waals surface area contributed by atoms with Crippen LogP contribution in [0.2, 0.25) is 0 Å². The van der Waals surface area contributed by atoms with Crippen molar-refractivity contribution in [2.75, 3.05) is 7.11 Å². The van der Waals surface area contributed by atoms with Crippen molar-refractivity contribution in [3.63, 3.8) is 0 Å². The second kappa shape index (κ2) is 8.02. The third kappa shape index (κ3) is 3.73. The second-order valence-corrected chi connectivity index (χ2v) is 7.29. The van der Waals surface area contributed by atoms with Gasteiger partial charge in [-0.05, 0) is 48.3 Å². The molecule has 1 heterocycles. The SMILES string of the molecule is COc1cc(C2NC(=S)NC3=C2C(=O)CCC3)ccc1OCc1ccccc1. The van der Waals surface area contributed by atoms with Crippen molar-refractivity contribution < 1.29 is 14.3 Å². The first-order valence-electron chi connectivity index (χ1n) is 9.34. The van der Waals surface area contributed by atoms with E-state index < -0.39 is 0 Å². The van der Waals surface area contributed by atoms with Gasteiger partial charge < -0.3 is 20.1 Å². The Hall–Kier alpha value is -2.86. The molecule has 0 amide bonds. The summed E-state index contributed by atoms with van der Waals surface area (Å²) < 4.78 is 11.5. The average molecular weight is 394 g/mol. The molecule has 2 aromatic carbocycles. The molecule has 0 saturated carbocycles. The fourth-order valence-electron chi connectivity index (χ4n) is 3.67. The van der Waals surface area contributed by atoms with Crippen molar-refractivity contribution >= 4 is 23.1 Å². The fourth-order valence-corrected chi connectivity index (χ4v) is 3.91. The summed E-state index contributed by atoms with van der Waals surface area (Å²) in [6.45, 7) is 0.458. The number of hydrogen-bond acceptors (Lipinski definition) is 4. The molecule has 1 unspecified atom stereocenters. The summed E-state index contributed by atoms with van der Waals surface area (Å²) in [5, 5.41) is 6.93. The van der Waals surface area contributed by atoms with Crippen LogP contribution in [0, 0.1) is 0 Å². The molecule has 1 aliphatic heterocycles. The topological polar surface area (TPSA) is 59.6 Å². The zero-order chi connectivity index (χ0) is 19.5. The molecule has 2 aromatic rings. The molecule has 1 atom stereocenters. The minimum Gasteiger partial charge on any atom is -0.493 e. The highest BCUT2D eigenvalue weighted by molar-refractivity contribution is 7.80. The summed E-state index contributed by atoms with van der Waals surface area (Å²) in [6.07, 6.45) is 2.27. The number of carbonyl (C=O) groups is 1. The van der Waals surface area contributed by atoms with E-state index in [4.69, 9.17) is 21.7 Å². The van der Waals surface area contributed by atoms with E-state index in [1.54, 1.807) is 7.11 Å². The Labute approximate surface area is 169 Å². The van der Waals surface area contributed by atoms with Crippen molar-refractivity contribution in [2.45, 2.75) is 31.9 Å². The van der Waals surface area contributed by atoms with Gasteiger partial charge in [-0.15, -0.1) is 0 Å². The molecule has 144 valence electrons. The van der Waals surface area contributed by atoms with Gasteiger partial charge in [0, 0.05) is 17.7 Å². The lowest BCUT2D eigenvalue weighted by Crippen LogP contribution is -2.46. The smallest absolute Gasteiger partial charge is 0.171 e. The lowest BCUT2D eigenvalue weighted by molar-refractivity contribution is -0.116. The maximum absolute atomic E-state index is 12.6. The van der Waals surface area contributed by atoms with Crippen LogP contribution < -0.4 is 20.1 Å². The van der Waals surface area contributed by atoms with Crippen LogP contribution in [0.15, 0.2) is 59.8 Å². The summed E-state index contributed by atoms with van der Waals surface area (Å²) in [5.74, 6) is 1.46. The summed E-state index contributed by atoms with van der Waals surface area (Å²) in [7, 11) is 1.62. The highest BCUT2D eigenvalue weighted by Crippen LogP contribution is 2.37. The largest absolute Gasteiger partial charge is 0.493 e. The van der Waals surface area contributed by atoms with Gasteiger partial charge in [-0.25, -0.2) is 0 Å². The Kier molecular flexibility index (Phi) is 5.30. The molecule has 28 heavy (non-hydrogen) atoms. The second-order valence-electron chi connectivity index (χ2n) is 6.89.